The summed E-state index contributed by atoms with van der Waals surface area (Å²) in [6.45, 7) is 4.36. The fourth-order valence-corrected chi connectivity index (χ4v) is 2.03. The second kappa shape index (κ2) is 6.62. The van der Waals surface area contributed by atoms with E-state index in [-0.39, 0.29) is 23.5 Å². The van der Waals surface area contributed by atoms with Gasteiger partial charge in [-0.05, 0) is 24.0 Å². The molecule has 0 saturated carbocycles. The van der Waals surface area contributed by atoms with Crippen molar-refractivity contribution in [3.05, 3.63) is 42.2 Å². The van der Waals surface area contributed by atoms with E-state index in [4.69, 9.17) is 5.11 Å². The average molecular weight is 303 g/mol. The van der Waals surface area contributed by atoms with E-state index in [1.807, 2.05) is 44.2 Å². The maximum atomic E-state index is 12.2. The van der Waals surface area contributed by atoms with Gasteiger partial charge in [-0.2, -0.15) is 5.10 Å². The maximum absolute atomic E-state index is 12.2. The number of aliphatic hydroxyl groups excluding tert-OH is 1. The van der Waals surface area contributed by atoms with Crippen LogP contribution >= 0.6 is 0 Å². The second-order valence-corrected chi connectivity index (χ2v) is 5.96. The largest absolute Gasteiger partial charge is 0.504 e. The summed E-state index contributed by atoms with van der Waals surface area (Å²) >= 11 is 0. The molecule has 0 saturated heterocycles. The molecular weight excluding hydrogens is 282 g/mol. The molecule has 0 spiro atoms. The molecule has 0 fully saturated rings. The fraction of sp³-hybridized carbons (Fsp3) is 0.375. The van der Waals surface area contributed by atoms with Crippen molar-refractivity contribution in [2.24, 2.45) is 5.41 Å². The summed E-state index contributed by atoms with van der Waals surface area (Å²) in [4.78, 5) is 12.2. The van der Waals surface area contributed by atoms with Gasteiger partial charge in [-0.25, -0.2) is 4.68 Å². The van der Waals surface area contributed by atoms with E-state index in [9.17, 15) is 9.90 Å². The fourth-order valence-electron chi connectivity index (χ4n) is 2.03. The van der Waals surface area contributed by atoms with Crippen LogP contribution < -0.4 is 5.32 Å². The van der Waals surface area contributed by atoms with Crippen molar-refractivity contribution in [3.8, 4) is 11.4 Å². The molecule has 1 aromatic heterocycles. The zero-order chi connectivity index (χ0) is 16.2. The van der Waals surface area contributed by atoms with Crippen molar-refractivity contribution in [2.45, 2.75) is 20.3 Å². The predicted molar refractivity (Wildman–Crippen MR) is 83.0 cm³/mol. The number of amides is 1. The Labute approximate surface area is 129 Å². The first-order chi connectivity index (χ1) is 10.4. The minimum atomic E-state index is -0.432. The molecule has 1 heterocycles. The number of hydrogen-bond acceptors (Lipinski definition) is 4. The highest BCUT2D eigenvalue weighted by molar-refractivity contribution is 5.94. The van der Waals surface area contributed by atoms with Crippen LogP contribution in [-0.2, 0) is 0 Å². The zero-order valence-corrected chi connectivity index (χ0v) is 12.8. The van der Waals surface area contributed by atoms with Crippen molar-refractivity contribution in [2.75, 3.05) is 13.2 Å². The van der Waals surface area contributed by atoms with Crippen LogP contribution in [0.3, 0.4) is 0 Å². The third-order valence-electron chi connectivity index (χ3n) is 3.45. The Kier molecular flexibility index (Phi) is 4.82. The second-order valence-electron chi connectivity index (χ2n) is 5.96. The Balaban J connectivity index is 2.10. The minimum Gasteiger partial charge on any atom is -0.504 e. The third kappa shape index (κ3) is 3.85. The Morgan fingerprint density at radius 1 is 1.32 bits per heavy atom. The van der Waals surface area contributed by atoms with Gasteiger partial charge in [0.1, 0.15) is 0 Å². The normalized spacial score (nSPS) is 11.4. The van der Waals surface area contributed by atoms with Gasteiger partial charge in [-0.3, -0.25) is 4.79 Å². The molecule has 0 aliphatic carbocycles. The van der Waals surface area contributed by atoms with E-state index in [2.05, 4.69) is 10.4 Å². The van der Waals surface area contributed by atoms with E-state index in [1.165, 1.54) is 10.9 Å². The number of aromatic hydroxyl groups is 1. The maximum Gasteiger partial charge on any atom is 0.275 e. The van der Waals surface area contributed by atoms with Gasteiger partial charge in [0.15, 0.2) is 11.4 Å². The molecule has 118 valence electrons. The standard InChI is InChI=1S/C16H21N3O3/c1-16(2,8-9-20)11-17-15(22)14-13(21)10-19(18-14)12-6-4-3-5-7-12/h3-7,10,20-21H,8-9,11H2,1-2H3,(H,17,22). The molecular formula is C16H21N3O3. The van der Waals surface area contributed by atoms with Gasteiger partial charge in [0.05, 0.1) is 11.9 Å². The molecule has 3 N–H and O–H groups in total. The Morgan fingerprint density at radius 3 is 2.64 bits per heavy atom. The van der Waals surface area contributed by atoms with E-state index >= 15 is 0 Å². The van der Waals surface area contributed by atoms with Crippen LogP contribution in [0.2, 0.25) is 0 Å². The Bertz CT molecular complexity index is 635. The van der Waals surface area contributed by atoms with Crippen LogP contribution in [0.5, 0.6) is 5.75 Å². The summed E-state index contributed by atoms with van der Waals surface area (Å²) in [7, 11) is 0. The number of benzene rings is 1. The monoisotopic (exact) mass is 303 g/mol. The first-order valence-electron chi connectivity index (χ1n) is 7.16. The lowest BCUT2D eigenvalue weighted by atomic mass is 9.90. The number of para-hydroxylation sites is 1. The molecule has 0 unspecified atom stereocenters. The summed E-state index contributed by atoms with van der Waals surface area (Å²) in [5.74, 6) is -0.598. The Morgan fingerprint density at radius 2 is 2.00 bits per heavy atom. The molecule has 0 aliphatic heterocycles. The third-order valence-corrected chi connectivity index (χ3v) is 3.45. The first-order valence-corrected chi connectivity index (χ1v) is 7.16. The SMILES string of the molecule is CC(C)(CCO)CNC(=O)c1nn(-c2ccccc2)cc1O. The zero-order valence-electron chi connectivity index (χ0n) is 12.8. The van der Waals surface area contributed by atoms with Crippen LogP contribution in [-0.4, -0.2) is 39.1 Å². The molecule has 6 nitrogen and oxygen atoms in total. The highest BCUT2D eigenvalue weighted by Gasteiger charge is 2.21. The van der Waals surface area contributed by atoms with Crippen LogP contribution in [0.4, 0.5) is 0 Å². The quantitative estimate of drug-likeness (QED) is 0.758. The molecule has 2 rings (SSSR count). The van der Waals surface area contributed by atoms with Gasteiger partial charge in [-0.15, -0.1) is 0 Å². The van der Waals surface area contributed by atoms with Crippen molar-refractivity contribution in [1.29, 1.82) is 0 Å². The number of nitrogens with zero attached hydrogens (tertiary/aromatic N) is 2. The summed E-state index contributed by atoms with van der Waals surface area (Å²) < 4.78 is 1.46. The van der Waals surface area contributed by atoms with Gasteiger partial charge in [0, 0.05) is 13.2 Å². The van der Waals surface area contributed by atoms with Crippen LogP contribution in [0.25, 0.3) is 5.69 Å². The molecule has 0 radical (unpaired) electrons. The van der Waals surface area contributed by atoms with Gasteiger partial charge >= 0.3 is 0 Å². The van der Waals surface area contributed by atoms with E-state index in [0.29, 0.717) is 13.0 Å². The summed E-state index contributed by atoms with van der Waals surface area (Å²) in [5, 5.41) is 25.8. The summed E-state index contributed by atoms with van der Waals surface area (Å²) in [6, 6.07) is 9.25. The summed E-state index contributed by atoms with van der Waals surface area (Å²) in [5.41, 5.74) is 0.531. The highest BCUT2D eigenvalue weighted by Crippen LogP contribution is 2.20. The van der Waals surface area contributed by atoms with E-state index in [1.54, 1.807) is 0 Å². The summed E-state index contributed by atoms with van der Waals surface area (Å²) in [6.07, 6.45) is 1.99. The number of aromatic nitrogens is 2. The van der Waals surface area contributed by atoms with Gasteiger partial charge < -0.3 is 15.5 Å². The number of carbonyl (C=O) groups is 1. The molecule has 2 aromatic rings. The molecule has 0 aliphatic rings. The van der Waals surface area contributed by atoms with Gasteiger partial charge in [0.2, 0.25) is 0 Å². The number of nitrogens with one attached hydrogen (secondary N) is 1. The van der Waals surface area contributed by atoms with Gasteiger partial charge in [-0.1, -0.05) is 32.0 Å². The van der Waals surface area contributed by atoms with Crippen LogP contribution in [0.1, 0.15) is 30.8 Å². The molecule has 6 heteroatoms. The average Bonchev–Trinajstić information content (AvgIpc) is 2.88. The molecule has 1 amide bonds. The van der Waals surface area contributed by atoms with Crippen molar-refractivity contribution in [3.63, 3.8) is 0 Å². The number of carbonyl (C=O) groups excluding carboxylic acids is 1. The number of hydrogen-bond donors (Lipinski definition) is 3. The van der Waals surface area contributed by atoms with Crippen molar-refractivity contribution in [1.82, 2.24) is 15.1 Å². The minimum absolute atomic E-state index is 0.0105. The van der Waals surface area contributed by atoms with Crippen LogP contribution in [0.15, 0.2) is 36.5 Å². The molecule has 0 bridgehead atoms. The highest BCUT2D eigenvalue weighted by atomic mass is 16.3. The molecule has 0 atom stereocenters. The topological polar surface area (TPSA) is 87.4 Å². The number of aliphatic hydroxyl groups is 1. The molecule has 22 heavy (non-hydrogen) atoms. The van der Waals surface area contributed by atoms with Crippen molar-refractivity contribution < 1.29 is 15.0 Å². The lowest BCUT2D eigenvalue weighted by molar-refractivity contribution is 0.0920. The lowest BCUT2D eigenvalue weighted by Crippen LogP contribution is -2.34. The molecule has 1 aromatic carbocycles. The first kappa shape index (κ1) is 16.0. The van der Waals surface area contributed by atoms with E-state index < -0.39 is 5.91 Å². The van der Waals surface area contributed by atoms with E-state index in [0.717, 1.165) is 5.69 Å². The van der Waals surface area contributed by atoms with Crippen molar-refractivity contribution >= 4 is 5.91 Å². The van der Waals surface area contributed by atoms with Crippen LogP contribution in [0, 0.1) is 5.41 Å². The predicted octanol–water partition coefficient (Wildman–Crippen LogP) is 1.72. The number of rotatable bonds is 6. The van der Waals surface area contributed by atoms with Gasteiger partial charge in [0.25, 0.3) is 5.91 Å². The smallest absolute Gasteiger partial charge is 0.275 e. The lowest BCUT2D eigenvalue weighted by Gasteiger charge is -2.23. The Hall–Kier alpha value is -2.34.